The lowest BCUT2D eigenvalue weighted by atomic mass is 10.1. The molecule has 1 rings (SSSR count). The lowest BCUT2D eigenvalue weighted by molar-refractivity contribution is 0.0700. The number of amides is 1. The van der Waals surface area contributed by atoms with E-state index in [1.807, 2.05) is 0 Å². The molecule has 0 spiro atoms. The normalized spacial score (nSPS) is 12.1. The lowest BCUT2D eigenvalue weighted by Gasteiger charge is -2.20. The van der Waals surface area contributed by atoms with Crippen molar-refractivity contribution in [2.24, 2.45) is 0 Å². The summed E-state index contributed by atoms with van der Waals surface area (Å²) >= 11 is 5.85. The third-order valence-corrected chi connectivity index (χ3v) is 2.51. The first-order valence-corrected chi connectivity index (χ1v) is 5.60. The van der Waals surface area contributed by atoms with Crippen LogP contribution in [-0.4, -0.2) is 42.7 Å². The van der Waals surface area contributed by atoms with Crippen LogP contribution in [0.15, 0.2) is 18.2 Å². The van der Waals surface area contributed by atoms with Crippen LogP contribution < -0.4 is 4.74 Å². The number of hydrogen-bond acceptors (Lipinski definition) is 3. The first-order valence-electron chi connectivity index (χ1n) is 5.22. The zero-order valence-corrected chi connectivity index (χ0v) is 10.9. The summed E-state index contributed by atoms with van der Waals surface area (Å²) in [6.45, 7) is 1.88. The third-order valence-electron chi connectivity index (χ3n) is 2.28. The molecule has 1 aromatic rings. The monoisotopic (exact) mass is 257 g/mol. The highest BCUT2D eigenvalue weighted by atomic mass is 35.5. The van der Waals surface area contributed by atoms with Gasteiger partial charge < -0.3 is 14.7 Å². The van der Waals surface area contributed by atoms with Gasteiger partial charge in [-0.05, 0) is 25.1 Å². The van der Waals surface area contributed by atoms with Gasteiger partial charge in [0.2, 0.25) is 0 Å². The average Bonchev–Trinajstić information content (AvgIpc) is 2.27. The highest BCUT2D eigenvalue weighted by Gasteiger charge is 2.18. The van der Waals surface area contributed by atoms with Crippen LogP contribution in [-0.2, 0) is 0 Å². The van der Waals surface area contributed by atoms with Gasteiger partial charge in [0.15, 0.2) is 0 Å². The molecule has 4 nitrogen and oxygen atoms in total. The largest absolute Gasteiger partial charge is 0.496 e. The Balaban J connectivity index is 2.98. The number of halogens is 1. The predicted octanol–water partition coefficient (Wildman–Crippen LogP) is 1.80. The van der Waals surface area contributed by atoms with E-state index in [1.165, 1.54) is 12.0 Å². The maximum Gasteiger partial charge on any atom is 0.257 e. The topological polar surface area (TPSA) is 49.8 Å². The van der Waals surface area contributed by atoms with Crippen molar-refractivity contribution in [2.75, 3.05) is 20.7 Å². The molecule has 0 aliphatic rings. The quantitative estimate of drug-likeness (QED) is 0.895. The molecule has 1 N–H and O–H groups in total. The van der Waals surface area contributed by atoms with Gasteiger partial charge in [-0.25, -0.2) is 0 Å². The second-order valence-electron chi connectivity index (χ2n) is 3.88. The minimum atomic E-state index is -0.575. The molecule has 1 atom stereocenters. The van der Waals surface area contributed by atoms with Gasteiger partial charge in [-0.15, -0.1) is 0 Å². The van der Waals surface area contributed by atoms with E-state index in [0.29, 0.717) is 16.3 Å². The molecule has 17 heavy (non-hydrogen) atoms. The standard InChI is InChI=1S/C12H16ClNO3/c1-8(15)7-14(2)12(16)10-6-9(13)4-5-11(10)17-3/h4-6,8,15H,7H2,1-3H3. The predicted molar refractivity (Wildman–Crippen MR) is 66.6 cm³/mol. The molecule has 0 radical (unpaired) electrons. The summed E-state index contributed by atoms with van der Waals surface area (Å²) in [5, 5.41) is 9.72. The van der Waals surface area contributed by atoms with E-state index in [4.69, 9.17) is 16.3 Å². The Bertz CT molecular complexity index is 407. The van der Waals surface area contributed by atoms with Crippen LogP contribution in [0.2, 0.25) is 5.02 Å². The highest BCUT2D eigenvalue weighted by Crippen LogP contribution is 2.23. The number of aliphatic hydroxyl groups is 1. The fourth-order valence-electron chi connectivity index (χ4n) is 1.53. The van der Waals surface area contributed by atoms with Gasteiger partial charge in [0.25, 0.3) is 5.91 Å². The zero-order valence-electron chi connectivity index (χ0n) is 10.1. The molecule has 1 aromatic carbocycles. The number of hydrogen-bond donors (Lipinski definition) is 1. The molecular weight excluding hydrogens is 242 g/mol. The Morgan fingerprint density at radius 3 is 2.76 bits per heavy atom. The van der Waals surface area contributed by atoms with E-state index in [2.05, 4.69) is 0 Å². The second kappa shape index (κ2) is 5.89. The van der Waals surface area contributed by atoms with Crippen LogP contribution in [0.3, 0.4) is 0 Å². The fourth-order valence-corrected chi connectivity index (χ4v) is 1.70. The molecule has 0 aliphatic carbocycles. The third kappa shape index (κ3) is 3.61. The molecule has 1 unspecified atom stereocenters. The minimum Gasteiger partial charge on any atom is -0.496 e. The number of nitrogens with zero attached hydrogens (tertiary/aromatic N) is 1. The number of likely N-dealkylation sites (N-methyl/N-ethyl adjacent to an activating group) is 1. The summed E-state index contributed by atoms with van der Waals surface area (Å²) in [5.41, 5.74) is 0.392. The molecule has 5 heteroatoms. The number of methoxy groups -OCH3 is 1. The summed E-state index contributed by atoms with van der Waals surface area (Å²) in [4.78, 5) is 13.5. The molecule has 0 bridgehead atoms. The maximum atomic E-state index is 12.1. The number of ether oxygens (including phenoxy) is 1. The number of benzene rings is 1. The molecule has 0 heterocycles. The summed E-state index contributed by atoms with van der Waals surface area (Å²) < 4.78 is 5.11. The van der Waals surface area contributed by atoms with Crippen LogP contribution >= 0.6 is 11.6 Å². The zero-order chi connectivity index (χ0) is 13.0. The van der Waals surface area contributed by atoms with E-state index in [9.17, 15) is 9.90 Å². The molecule has 94 valence electrons. The highest BCUT2D eigenvalue weighted by molar-refractivity contribution is 6.31. The van der Waals surface area contributed by atoms with Gasteiger partial charge in [-0.3, -0.25) is 4.79 Å². The van der Waals surface area contributed by atoms with Crippen LogP contribution in [0.25, 0.3) is 0 Å². The minimum absolute atomic E-state index is 0.231. The Kier molecular flexibility index (Phi) is 4.78. The maximum absolute atomic E-state index is 12.1. The first kappa shape index (κ1) is 13.8. The molecule has 0 aliphatic heterocycles. The van der Waals surface area contributed by atoms with Crippen molar-refractivity contribution in [3.05, 3.63) is 28.8 Å². The second-order valence-corrected chi connectivity index (χ2v) is 4.32. The molecule has 1 amide bonds. The fraction of sp³-hybridized carbons (Fsp3) is 0.417. The van der Waals surface area contributed by atoms with E-state index >= 15 is 0 Å². The van der Waals surface area contributed by atoms with Crippen LogP contribution in [0.5, 0.6) is 5.75 Å². The summed E-state index contributed by atoms with van der Waals surface area (Å²) in [5.74, 6) is 0.238. The van der Waals surface area contributed by atoms with Gasteiger partial charge in [-0.2, -0.15) is 0 Å². The Hall–Kier alpha value is -1.26. The van der Waals surface area contributed by atoms with Crippen LogP contribution in [0, 0.1) is 0 Å². The van der Waals surface area contributed by atoms with Gasteiger partial charge in [0, 0.05) is 18.6 Å². The Morgan fingerprint density at radius 1 is 1.59 bits per heavy atom. The number of rotatable bonds is 4. The van der Waals surface area contributed by atoms with Crippen molar-refractivity contribution >= 4 is 17.5 Å². The van der Waals surface area contributed by atoms with E-state index in [1.54, 1.807) is 32.2 Å². The van der Waals surface area contributed by atoms with Gasteiger partial charge >= 0.3 is 0 Å². The summed E-state index contributed by atoms with van der Waals surface area (Å²) in [6, 6.07) is 4.86. The molecular formula is C12H16ClNO3. The smallest absolute Gasteiger partial charge is 0.257 e. The Labute approximate surface area is 106 Å². The van der Waals surface area contributed by atoms with Crippen LogP contribution in [0.4, 0.5) is 0 Å². The molecule has 0 aromatic heterocycles. The molecule has 0 fully saturated rings. The first-order chi connectivity index (χ1) is 7.95. The van der Waals surface area contributed by atoms with E-state index in [0.717, 1.165) is 0 Å². The van der Waals surface area contributed by atoms with Crippen molar-refractivity contribution in [1.29, 1.82) is 0 Å². The van der Waals surface area contributed by atoms with Gasteiger partial charge in [0.05, 0.1) is 18.8 Å². The van der Waals surface area contributed by atoms with Crippen LogP contribution in [0.1, 0.15) is 17.3 Å². The van der Waals surface area contributed by atoms with Crippen molar-refractivity contribution in [3.8, 4) is 5.75 Å². The Morgan fingerprint density at radius 2 is 2.24 bits per heavy atom. The van der Waals surface area contributed by atoms with E-state index < -0.39 is 6.10 Å². The average molecular weight is 258 g/mol. The van der Waals surface area contributed by atoms with E-state index in [-0.39, 0.29) is 12.5 Å². The summed E-state index contributed by atoms with van der Waals surface area (Å²) in [6.07, 6.45) is -0.575. The van der Waals surface area contributed by atoms with Crippen molar-refractivity contribution < 1.29 is 14.6 Å². The van der Waals surface area contributed by atoms with Gasteiger partial charge in [-0.1, -0.05) is 11.6 Å². The number of aliphatic hydroxyl groups excluding tert-OH is 1. The molecule has 0 saturated carbocycles. The SMILES string of the molecule is COc1ccc(Cl)cc1C(=O)N(C)CC(C)O. The van der Waals surface area contributed by atoms with Crippen molar-refractivity contribution in [3.63, 3.8) is 0 Å². The number of carbonyl (C=O) groups excluding carboxylic acids is 1. The number of carbonyl (C=O) groups is 1. The lowest BCUT2D eigenvalue weighted by Crippen LogP contribution is -2.33. The summed E-state index contributed by atoms with van der Waals surface area (Å²) in [7, 11) is 3.12. The van der Waals surface area contributed by atoms with Crippen molar-refractivity contribution in [1.82, 2.24) is 4.90 Å². The molecule has 0 saturated heterocycles. The van der Waals surface area contributed by atoms with Crippen molar-refractivity contribution in [2.45, 2.75) is 13.0 Å². The van der Waals surface area contributed by atoms with Gasteiger partial charge in [0.1, 0.15) is 5.75 Å².